The number of aromatic nitrogens is 2. The van der Waals surface area contributed by atoms with E-state index in [1.54, 1.807) is 6.92 Å². The molecule has 2 aromatic rings. The molecule has 152 valence electrons. The Morgan fingerprint density at radius 3 is 2.54 bits per heavy atom. The van der Waals surface area contributed by atoms with Crippen LogP contribution in [0.4, 0.5) is 5.69 Å². The fourth-order valence-electron chi connectivity index (χ4n) is 2.53. The van der Waals surface area contributed by atoms with Gasteiger partial charge in [-0.2, -0.15) is 5.10 Å². The summed E-state index contributed by atoms with van der Waals surface area (Å²) in [7, 11) is 2.80. The molecule has 1 aromatic heterocycles. The van der Waals surface area contributed by atoms with E-state index in [0.29, 0.717) is 12.1 Å². The molecule has 0 aliphatic carbocycles. The topological polar surface area (TPSA) is 130 Å². The zero-order valence-electron chi connectivity index (χ0n) is 15.6. The summed E-state index contributed by atoms with van der Waals surface area (Å²) in [5, 5.41) is 11.8. The first-order valence-corrected chi connectivity index (χ1v) is 10.9. The van der Waals surface area contributed by atoms with Gasteiger partial charge in [0.2, 0.25) is 0 Å². The number of ether oxygens (including phenoxy) is 1. The van der Waals surface area contributed by atoms with E-state index in [0.717, 1.165) is 12.5 Å². The normalized spacial score (nSPS) is 11.1. The summed E-state index contributed by atoms with van der Waals surface area (Å²) in [6, 6.07) is 3.73. The van der Waals surface area contributed by atoms with Crippen LogP contribution in [0.2, 0.25) is 0 Å². The van der Waals surface area contributed by atoms with Gasteiger partial charge in [-0.05, 0) is 31.5 Å². The van der Waals surface area contributed by atoms with Crippen LogP contribution in [0.15, 0.2) is 23.1 Å². The molecule has 0 radical (unpaired) electrons. The molecule has 2 amide bonds. The van der Waals surface area contributed by atoms with E-state index in [-0.39, 0.29) is 34.2 Å². The molecule has 1 aromatic carbocycles. The Morgan fingerprint density at radius 1 is 1.25 bits per heavy atom. The number of nitrogens with zero attached hydrogens (tertiary/aromatic N) is 1. The zero-order valence-corrected chi connectivity index (χ0v) is 17.2. The van der Waals surface area contributed by atoms with E-state index in [1.807, 2.05) is 6.92 Å². The predicted molar refractivity (Wildman–Crippen MR) is 105 cm³/mol. The minimum absolute atomic E-state index is 0.0263. The van der Waals surface area contributed by atoms with Crippen molar-refractivity contribution in [2.45, 2.75) is 31.6 Å². The molecule has 0 aliphatic heterocycles. The van der Waals surface area contributed by atoms with E-state index in [2.05, 4.69) is 20.8 Å². The molecular weight excluding hydrogens is 408 g/mol. The molecule has 3 N–H and O–H groups in total. The lowest BCUT2D eigenvalue weighted by molar-refractivity contribution is 0.0959. The fraction of sp³-hybridized carbons (Fsp3) is 0.353. The minimum Gasteiger partial charge on any atom is -0.493 e. The van der Waals surface area contributed by atoms with Crippen LogP contribution in [0.25, 0.3) is 0 Å². The molecule has 0 spiro atoms. The third-order valence-corrected chi connectivity index (χ3v) is 5.15. The van der Waals surface area contributed by atoms with E-state index < -0.39 is 20.9 Å². The lowest BCUT2D eigenvalue weighted by Crippen LogP contribution is -2.22. The first kappa shape index (κ1) is 21.7. The Bertz CT molecular complexity index is 987. The number of hydrogen-bond acceptors (Lipinski definition) is 6. The van der Waals surface area contributed by atoms with Crippen molar-refractivity contribution in [2.24, 2.45) is 0 Å². The Kier molecular flexibility index (Phi) is 7.03. The molecule has 0 atom stereocenters. The summed E-state index contributed by atoms with van der Waals surface area (Å²) in [5.41, 5.74) is 0.801. The summed E-state index contributed by atoms with van der Waals surface area (Å²) in [4.78, 5) is 24.7. The summed E-state index contributed by atoms with van der Waals surface area (Å²) in [6.07, 6.45) is 1.30. The van der Waals surface area contributed by atoms with Crippen LogP contribution in [-0.2, 0) is 15.5 Å². The largest absolute Gasteiger partial charge is 0.493 e. The van der Waals surface area contributed by atoms with Gasteiger partial charge >= 0.3 is 0 Å². The number of benzene rings is 1. The molecule has 0 fully saturated rings. The van der Waals surface area contributed by atoms with E-state index in [4.69, 9.17) is 15.4 Å². The van der Waals surface area contributed by atoms with Crippen molar-refractivity contribution >= 4 is 37.2 Å². The Hall–Kier alpha value is -2.59. The first-order valence-electron chi connectivity index (χ1n) is 8.55. The molecule has 28 heavy (non-hydrogen) atoms. The highest BCUT2D eigenvalue weighted by molar-refractivity contribution is 8.13. The van der Waals surface area contributed by atoms with Gasteiger partial charge in [-0.25, -0.2) is 8.42 Å². The molecule has 0 saturated carbocycles. The van der Waals surface area contributed by atoms with Gasteiger partial charge in [-0.1, -0.05) is 13.3 Å². The minimum atomic E-state index is -4.04. The number of aryl methyl sites for hydroxylation is 1. The van der Waals surface area contributed by atoms with Gasteiger partial charge in [0.15, 0.2) is 5.69 Å². The Balaban J connectivity index is 2.50. The van der Waals surface area contributed by atoms with Crippen molar-refractivity contribution in [2.75, 3.05) is 19.0 Å². The average Bonchev–Trinajstić information content (AvgIpc) is 3.03. The second-order valence-corrected chi connectivity index (χ2v) is 8.30. The van der Waals surface area contributed by atoms with Crippen molar-refractivity contribution in [3.05, 3.63) is 35.2 Å². The molecule has 9 nitrogen and oxygen atoms in total. The van der Waals surface area contributed by atoms with Gasteiger partial charge in [0.05, 0.1) is 28.4 Å². The number of nitrogens with one attached hydrogen (secondary N) is 3. The molecule has 0 bridgehead atoms. The smallest absolute Gasteiger partial charge is 0.273 e. The molecular formula is C17H21ClN4O5S. The Morgan fingerprint density at radius 2 is 1.96 bits per heavy atom. The molecule has 0 unspecified atom stereocenters. The second-order valence-electron chi connectivity index (χ2n) is 5.74. The van der Waals surface area contributed by atoms with Crippen LogP contribution in [0.1, 0.15) is 46.8 Å². The molecule has 11 heteroatoms. The van der Waals surface area contributed by atoms with Crippen molar-refractivity contribution in [3.8, 4) is 5.75 Å². The Labute approximate surface area is 167 Å². The van der Waals surface area contributed by atoms with Crippen LogP contribution < -0.4 is 15.4 Å². The first-order chi connectivity index (χ1) is 13.2. The monoisotopic (exact) mass is 428 g/mol. The number of amides is 2. The maximum absolute atomic E-state index is 12.9. The van der Waals surface area contributed by atoms with E-state index >= 15 is 0 Å². The van der Waals surface area contributed by atoms with E-state index in [9.17, 15) is 18.0 Å². The number of carbonyl (C=O) groups excluding carboxylic acids is 2. The van der Waals surface area contributed by atoms with Gasteiger partial charge in [-0.15, -0.1) is 0 Å². The van der Waals surface area contributed by atoms with Crippen LogP contribution in [0.5, 0.6) is 5.75 Å². The maximum atomic E-state index is 12.9. The summed E-state index contributed by atoms with van der Waals surface area (Å²) < 4.78 is 28.7. The number of carbonyl (C=O) groups is 2. The van der Waals surface area contributed by atoms with Crippen molar-refractivity contribution in [3.63, 3.8) is 0 Å². The second kappa shape index (κ2) is 9.07. The SMILES string of the molecule is CCCc1[nH]nc(C(=O)NC)c1NC(=O)c1cc(S(=O)(=O)Cl)ccc1OCC. The lowest BCUT2D eigenvalue weighted by atomic mass is 10.1. The van der Waals surface area contributed by atoms with Crippen LogP contribution in [-0.4, -0.2) is 44.1 Å². The molecule has 2 rings (SSSR count). The standard InChI is InChI=1S/C17H21ClN4O5S/c1-4-6-12-14(15(22-21-12)17(24)19-3)20-16(23)11-9-10(28(18,25)26)7-8-13(11)27-5-2/h7-9H,4-6H2,1-3H3,(H,19,24)(H,20,23)(H,21,22). The maximum Gasteiger partial charge on any atom is 0.273 e. The van der Waals surface area contributed by atoms with Crippen molar-refractivity contribution < 1.29 is 22.7 Å². The van der Waals surface area contributed by atoms with Crippen molar-refractivity contribution in [1.29, 1.82) is 0 Å². The van der Waals surface area contributed by atoms with Crippen molar-refractivity contribution in [1.82, 2.24) is 15.5 Å². The average molecular weight is 429 g/mol. The van der Waals surface area contributed by atoms with Gasteiger partial charge in [-0.3, -0.25) is 14.7 Å². The van der Waals surface area contributed by atoms with Gasteiger partial charge in [0, 0.05) is 17.7 Å². The van der Waals surface area contributed by atoms with E-state index in [1.165, 1.54) is 19.2 Å². The van der Waals surface area contributed by atoms with Crippen LogP contribution in [0, 0.1) is 0 Å². The van der Waals surface area contributed by atoms with Gasteiger partial charge in [0.25, 0.3) is 20.9 Å². The number of rotatable bonds is 8. The quantitative estimate of drug-likeness (QED) is 0.553. The fourth-order valence-corrected chi connectivity index (χ4v) is 3.30. The third kappa shape index (κ3) is 4.82. The molecule has 1 heterocycles. The van der Waals surface area contributed by atoms with Crippen LogP contribution >= 0.6 is 10.7 Å². The third-order valence-electron chi connectivity index (χ3n) is 3.80. The number of hydrogen-bond donors (Lipinski definition) is 3. The number of aromatic amines is 1. The lowest BCUT2D eigenvalue weighted by Gasteiger charge is -2.12. The number of halogens is 1. The number of H-pyrrole nitrogens is 1. The summed E-state index contributed by atoms with van der Waals surface area (Å²) in [5.74, 6) is -0.948. The molecule has 0 saturated heterocycles. The highest BCUT2D eigenvalue weighted by Crippen LogP contribution is 2.27. The highest BCUT2D eigenvalue weighted by Gasteiger charge is 2.24. The van der Waals surface area contributed by atoms with Crippen LogP contribution in [0.3, 0.4) is 0 Å². The van der Waals surface area contributed by atoms with Gasteiger partial charge < -0.3 is 15.4 Å². The summed E-state index contributed by atoms with van der Waals surface area (Å²) >= 11 is 0. The zero-order chi connectivity index (χ0) is 20.9. The predicted octanol–water partition coefficient (Wildman–Crippen LogP) is 2.30. The highest BCUT2D eigenvalue weighted by atomic mass is 35.7. The summed E-state index contributed by atoms with van der Waals surface area (Å²) in [6.45, 7) is 3.94. The molecule has 0 aliphatic rings. The van der Waals surface area contributed by atoms with Gasteiger partial charge in [0.1, 0.15) is 5.75 Å². The number of anilines is 1.